The number of carbonyl (C=O) groups is 1. The number of benzene rings is 1. The van der Waals surface area contributed by atoms with Crippen LogP contribution in [-0.2, 0) is 11.3 Å². The van der Waals surface area contributed by atoms with Gasteiger partial charge in [0.2, 0.25) is 5.91 Å². The number of nitrogen functional groups attached to an aromatic ring is 1. The highest BCUT2D eigenvalue weighted by Gasteiger charge is 2.24. The van der Waals surface area contributed by atoms with Crippen LogP contribution in [0.3, 0.4) is 0 Å². The summed E-state index contributed by atoms with van der Waals surface area (Å²) in [7, 11) is 0. The molecule has 2 N–H and O–H groups in total. The van der Waals surface area contributed by atoms with Gasteiger partial charge in [0.25, 0.3) is 0 Å². The van der Waals surface area contributed by atoms with E-state index in [-0.39, 0.29) is 11.3 Å². The van der Waals surface area contributed by atoms with Crippen molar-refractivity contribution in [2.45, 2.75) is 47.6 Å². The summed E-state index contributed by atoms with van der Waals surface area (Å²) in [6.45, 7) is 12.1. The van der Waals surface area contributed by atoms with Crippen molar-refractivity contribution in [1.82, 2.24) is 4.90 Å². The third kappa shape index (κ3) is 4.87. The third-order valence-electron chi connectivity index (χ3n) is 4.05. The maximum absolute atomic E-state index is 12.4. The zero-order valence-electron chi connectivity index (χ0n) is 13.4. The van der Waals surface area contributed by atoms with Crippen LogP contribution < -0.4 is 5.73 Å². The van der Waals surface area contributed by atoms with E-state index in [1.54, 1.807) is 0 Å². The fourth-order valence-electron chi connectivity index (χ4n) is 1.92. The van der Waals surface area contributed by atoms with Crippen molar-refractivity contribution in [2.75, 3.05) is 12.3 Å². The fourth-order valence-corrected chi connectivity index (χ4v) is 1.92. The van der Waals surface area contributed by atoms with E-state index in [4.69, 9.17) is 5.73 Å². The van der Waals surface area contributed by atoms with E-state index >= 15 is 0 Å². The molecule has 0 aliphatic rings. The van der Waals surface area contributed by atoms with E-state index in [0.717, 1.165) is 17.8 Å². The zero-order chi connectivity index (χ0) is 15.3. The van der Waals surface area contributed by atoms with Crippen LogP contribution in [-0.4, -0.2) is 17.4 Å². The number of hydrogen-bond acceptors (Lipinski definition) is 2. The average molecular weight is 276 g/mol. The normalized spacial score (nSPS) is 13.1. The van der Waals surface area contributed by atoms with Gasteiger partial charge in [-0.3, -0.25) is 4.79 Å². The SMILES string of the molecule is CCN(Cc1ccc(N)cc1)C(=O)CC(C)C(C)(C)C. The lowest BCUT2D eigenvalue weighted by molar-refractivity contribution is -0.133. The summed E-state index contributed by atoms with van der Waals surface area (Å²) in [4.78, 5) is 14.3. The Labute approximate surface area is 123 Å². The molecule has 0 saturated heterocycles. The van der Waals surface area contributed by atoms with Crippen LogP contribution >= 0.6 is 0 Å². The zero-order valence-corrected chi connectivity index (χ0v) is 13.4. The standard InChI is InChI=1S/C17H28N2O/c1-6-19(12-14-7-9-15(18)10-8-14)16(20)11-13(2)17(3,4)5/h7-10,13H,6,11-12,18H2,1-5H3. The van der Waals surface area contributed by atoms with Crippen molar-refractivity contribution in [3.05, 3.63) is 29.8 Å². The van der Waals surface area contributed by atoms with Crippen LogP contribution in [0.4, 0.5) is 5.69 Å². The molecule has 3 heteroatoms. The minimum atomic E-state index is 0.163. The minimum Gasteiger partial charge on any atom is -0.399 e. The maximum Gasteiger partial charge on any atom is 0.223 e. The van der Waals surface area contributed by atoms with Crippen molar-refractivity contribution in [1.29, 1.82) is 0 Å². The molecule has 0 heterocycles. The molecule has 0 aliphatic carbocycles. The summed E-state index contributed by atoms with van der Waals surface area (Å²) in [5, 5.41) is 0. The van der Waals surface area contributed by atoms with Crippen molar-refractivity contribution >= 4 is 11.6 Å². The fraction of sp³-hybridized carbons (Fsp3) is 0.588. The van der Waals surface area contributed by atoms with Crippen molar-refractivity contribution in [3.63, 3.8) is 0 Å². The monoisotopic (exact) mass is 276 g/mol. The summed E-state index contributed by atoms with van der Waals surface area (Å²) in [6.07, 6.45) is 0.603. The van der Waals surface area contributed by atoms with Gasteiger partial charge in [-0.05, 0) is 36.0 Å². The van der Waals surface area contributed by atoms with E-state index in [2.05, 4.69) is 27.7 Å². The third-order valence-corrected chi connectivity index (χ3v) is 4.05. The topological polar surface area (TPSA) is 46.3 Å². The van der Waals surface area contributed by atoms with E-state index in [0.29, 0.717) is 18.9 Å². The molecule has 1 amide bonds. The number of rotatable bonds is 5. The number of hydrogen-bond donors (Lipinski definition) is 1. The molecule has 0 aliphatic heterocycles. The second-order valence-electron chi connectivity index (χ2n) is 6.62. The first-order chi connectivity index (χ1) is 9.24. The molecule has 1 atom stereocenters. The van der Waals surface area contributed by atoms with Crippen molar-refractivity contribution in [2.24, 2.45) is 11.3 Å². The van der Waals surface area contributed by atoms with Gasteiger partial charge in [0.15, 0.2) is 0 Å². The Bertz CT molecular complexity index is 431. The van der Waals surface area contributed by atoms with Gasteiger partial charge in [0.05, 0.1) is 0 Å². The highest BCUT2D eigenvalue weighted by Crippen LogP contribution is 2.28. The lowest BCUT2D eigenvalue weighted by atomic mass is 9.80. The molecule has 1 aromatic rings. The van der Waals surface area contributed by atoms with Gasteiger partial charge < -0.3 is 10.6 Å². The van der Waals surface area contributed by atoms with E-state index in [9.17, 15) is 4.79 Å². The predicted molar refractivity (Wildman–Crippen MR) is 85.2 cm³/mol. The molecule has 0 saturated carbocycles. The van der Waals surface area contributed by atoms with Gasteiger partial charge in [0, 0.05) is 25.2 Å². The molecule has 112 valence electrons. The number of carbonyl (C=O) groups excluding carboxylic acids is 1. The van der Waals surface area contributed by atoms with Crippen LogP contribution in [0.5, 0.6) is 0 Å². The number of nitrogens with zero attached hydrogens (tertiary/aromatic N) is 1. The van der Waals surface area contributed by atoms with Crippen LogP contribution in [0.25, 0.3) is 0 Å². The Hall–Kier alpha value is -1.51. The Morgan fingerprint density at radius 1 is 1.25 bits per heavy atom. The Morgan fingerprint density at radius 2 is 1.80 bits per heavy atom. The first kappa shape index (κ1) is 16.5. The van der Waals surface area contributed by atoms with Crippen LogP contribution in [0, 0.1) is 11.3 Å². The van der Waals surface area contributed by atoms with E-state index in [1.165, 1.54) is 0 Å². The second kappa shape index (κ2) is 6.78. The molecule has 0 bridgehead atoms. The van der Waals surface area contributed by atoms with E-state index < -0.39 is 0 Å². The first-order valence-electron chi connectivity index (χ1n) is 7.36. The maximum atomic E-state index is 12.4. The van der Waals surface area contributed by atoms with Gasteiger partial charge in [-0.1, -0.05) is 39.8 Å². The highest BCUT2D eigenvalue weighted by atomic mass is 16.2. The quantitative estimate of drug-likeness (QED) is 0.834. The average Bonchev–Trinajstić information content (AvgIpc) is 2.36. The largest absolute Gasteiger partial charge is 0.399 e. The molecule has 1 unspecified atom stereocenters. The molecule has 0 fully saturated rings. The molecule has 20 heavy (non-hydrogen) atoms. The van der Waals surface area contributed by atoms with E-state index in [1.807, 2.05) is 36.1 Å². The summed E-state index contributed by atoms with van der Waals surface area (Å²) in [5.41, 5.74) is 7.72. The van der Waals surface area contributed by atoms with Crippen molar-refractivity contribution in [3.8, 4) is 0 Å². The molecule has 1 aromatic carbocycles. The number of amides is 1. The molecule has 0 radical (unpaired) electrons. The lowest BCUT2D eigenvalue weighted by Gasteiger charge is -2.29. The predicted octanol–water partition coefficient (Wildman–Crippen LogP) is 3.69. The minimum absolute atomic E-state index is 0.163. The Kier molecular flexibility index (Phi) is 5.61. The summed E-state index contributed by atoms with van der Waals surface area (Å²) >= 11 is 0. The molecule has 0 spiro atoms. The van der Waals surface area contributed by atoms with Crippen LogP contribution in [0.2, 0.25) is 0 Å². The molecule has 1 rings (SSSR count). The molecule has 0 aromatic heterocycles. The molecular weight excluding hydrogens is 248 g/mol. The second-order valence-corrected chi connectivity index (χ2v) is 6.62. The summed E-state index contributed by atoms with van der Waals surface area (Å²) in [6, 6.07) is 7.73. The number of nitrogens with two attached hydrogens (primary N) is 1. The highest BCUT2D eigenvalue weighted by molar-refractivity contribution is 5.76. The Balaban J connectivity index is 2.66. The smallest absolute Gasteiger partial charge is 0.223 e. The first-order valence-corrected chi connectivity index (χ1v) is 7.36. The van der Waals surface area contributed by atoms with Gasteiger partial charge in [-0.25, -0.2) is 0 Å². The molecular formula is C17H28N2O. The van der Waals surface area contributed by atoms with Gasteiger partial charge in [-0.2, -0.15) is 0 Å². The van der Waals surface area contributed by atoms with Crippen molar-refractivity contribution < 1.29 is 4.79 Å². The van der Waals surface area contributed by atoms with Gasteiger partial charge in [-0.15, -0.1) is 0 Å². The summed E-state index contributed by atoms with van der Waals surface area (Å²) < 4.78 is 0. The van der Waals surface area contributed by atoms with Crippen LogP contribution in [0.15, 0.2) is 24.3 Å². The van der Waals surface area contributed by atoms with Gasteiger partial charge in [0.1, 0.15) is 0 Å². The Morgan fingerprint density at radius 3 is 2.25 bits per heavy atom. The number of anilines is 1. The lowest BCUT2D eigenvalue weighted by Crippen LogP contribution is -2.33. The summed E-state index contributed by atoms with van der Waals surface area (Å²) in [5.74, 6) is 0.599. The molecule has 3 nitrogen and oxygen atoms in total. The van der Waals surface area contributed by atoms with Crippen LogP contribution in [0.1, 0.15) is 46.6 Å². The van der Waals surface area contributed by atoms with Gasteiger partial charge >= 0.3 is 0 Å².